The van der Waals surface area contributed by atoms with Crippen LogP contribution in [-0.4, -0.2) is 64.7 Å². The molecule has 0 aliphatic heterocycles. The van der Waals surface area contributed by atoms with Crippen LogP contribution in [0.1, 0.15) is 32.8 Å². The van der Waals surface area contributed by atoms with E-state index in [1.807, 2.05) is 13.8 Å². The molecule has 3 amide bonds. The minimum absolute atomic E-state index is 0.0710. The van der Waals surface area contributed by atoms with Crippen molar-refractivity contribution in [3.8, 4) is 0 Å². The van der Waals surface area contributed by atoms with Gasteiger partial charge in [-0.25, -0.2) is 4.79 Å². The molecule has 0 saturated carbocycles. The van der Waals surface area contributed by atoms with E-state index in [1.54, 1.807) is 30.3 Å². The van der Waals surface area contributed by atoms with Gasteiger partial charge >= 0.3 is 5.97 Å². The molecule has 0 spiro atoms. The molecular formula is C21H32N4O6. The first-order valence-electron chi connectivity index (χ1n) is 10.1. The highest BCUT2D eigenvalue weighted by Crippen LogP contribution is 2.07. The van der Waals surface area contributed by atoms with Gasteiger partial charge in [0, 0.05) is 6.42 Å². The Labute approximate surface area is 181 Å². The van der Waals surface area contributed by atoms with Crippen molar-refractivity contribution in [3.63, 3.8) is 0 Å². The number of hydrogen-bond donors (Lipinski definition) is 6. The molecule has 0 bridgehead atoms. The fraction of sp³-hybridized carbons (Fsp3) is 0.524. The first-order chi connectivity index (χ1) is 14.6. The van der Waals surface area contributed by atoms with Crippen LogP contribution in [0.5, 0.6) is 0 Å². The summed E-state index contributed by atoms with van der Waals surface area (Å²) < 4.78 is 0. The Morgan fingerprint density at radius 1 is 0.935 bits per heavy atom. The van der Waals surface area contributed by atoms with Crippen LogP contribution in [0.4, 0.5) is 0 Å². The van der Waals surface area contributed by atoms with Gasteiger partial charge in [0.1, 0.15) is 18.1 Å². The molecule has 0 aliphatic rings. The zero-order valence-corrected chi connectivity index (χ0v) is 18.0. The number of carbonyl (C=O) groups is 4. The summed E-state index contributed by atoms with van der Waals surface area (Å²) in [4.78, 5) is 48.6. The van der Waals surface area contributed by atoms with Crippen molar-refractivity contribution in [3.05, 3.63) is 35.9 Å². The maximum atomic E-state index is 12.6. The molecule has 1 rings (SSSR count). The normalized spacial score (nSPS) is 15.6. The molecule has 0 fully saturated rings. The average molecular weight is 437 g/mol. The Hall–Kier alpha value is -2.98. The summed E-state index contributed by atoms with van der Waals surface area (Å²) >= 11 is 0. The molecule has 0 saturated heterocycles. The van der Waals surface area contributed by atoms with Crippen molar-refractivity contribution in [1.29, 1.82) is 0 Å². The second-order valence-electron chi connectivity index (χ2n) is 7.47. The number of rotatable bonds is 12. The van der Waals surface area contributed by atoms with E-state index < -0.39 is 54.5 Å². The molecule has 7 N–H and O–H groups in total. The second-order valence-corrected chi connectivity index (χ2v) is 7.47. The molecular weight excluding hydrogens is 404 g/mol. The molecule has 1 aromatic carbocycles. The predicted molar refractivity (Wildman–Crippen MR) is 114 cm³/mol. The maximum absolute atomic E-state index is 12.6. The van der Waals surface area contributed by atoms with Crippen LogP contribution in [0, 0.1) is 5.92 Å². The maximum Gasteiger partial charge on any atom is 0.328 e. The summed E-state index contributed by atoms with van der Waals surface area (Å²) in [6.45, 7) is 4.39. The van der Waals surface area contributed by atoms with Crippen LogP contribution in [0.2, 0.25) is 0 Å². The number of carbonyl (C=O) groups excluding carboxylic acids is 3. The molecule has 172 valence electrons. The van der Waals surface area contributed by atoms with E-state index in [1.165, 1.54) is 6.92 Å². The quantitative estimate of drug-likeness (QED) is 0.248. The smallest absolute Gasteiger partial charge is 0.328 e. The number of hydrogen-bond acceptors (Lipinski definition) is 6. The van der Waals surface area contributed by atoms with Gasteiger partial charge in [-0.05, 0) is 18.4 Å². The largest absolute Gasteiger partial charge is 0.480 e. The lowest BCUT2D eigenvalue weighted by molar-refractivity contribution is -0.143. The summed E-state index contributed by atoms with van der Waals surface area (Å²) in [6, 6.07) is 4.46. The molecule has 10 nitrogen and oxygen atoms in total. The van der Waals surface area contributed by atoms with Gasteiger partial charge in [0.2, 0.25) is 17.7 Å². The SMILES string of the molecule is CCC(C)C(N)C(=O)NC(C)C(=O)NC(Cc1ccccc1)C(=O)NC(CO)C(=O)O. The molecule has 5 atom stereocenters. The molecule has 0 heterocycles. The van der Waals surface area contributed by atoms with E-state index in [2.05, 4.69) is 16.0 Å². The van der Waals surface area contributed by atoms with Gasteiger partial charge in [0.25, 0.3) is 0 Å². The van der Waals surface area contributed by atoms with E-state index in [4.69, 9.17) is 15.9 Å². The fourth-order valence-electron chi connectivity index (χ4n) is 2.70. The molecule has 0 radical (unpaired) electrons. The van der Waals surface area contributed by atoms with Crippen LogP contribution < -0.4 is 21.7 Å². The van der Waals surface area contributed by atoms with Crippen molar-refractivity contribution < 1.29 is 29.4 Å². The first-order valence-corrected chi connectivity index (χ1v) is 10.1. The van der Waals surface area contributed by atoms with Gasteiger partial charge in [-0.2, -0.15) is 0 Å². The Kier molecular flexibility index (Phi) is 10.6. The van der Waals surface area contributed by atoms with Crippen molar-refractivity contribution >= 4 is 23.7 Å². The lowest BCUT2D eigenvalue weighted by Crippen LogP contribution is -2.57. The molecule has 1 aromatic rings. The zero-order valence-electron chi connectivity index (χ0n) is 18.0. The Morgan fingerprint density at radius 3 is 2.03 bits per heavy atom. The van der Waals surface area contributed by atoms with E-state index in [0.29, 0.717) is 6.42 Å². The summed E-state index contributed by atoms with van der Waals surface area (Å²) in [5.74, 6) is -3.35. The number of nitrogens with one attached hydrogen (secondary N) is 3. The number of aliphatic hydroxyl groups is 1. The summed E-state index contributed by atoms with van der Waals surface area (Å²) in [5.41, 5.74) is 6.61. The van der Waals surface area contributed by atoms with Crippen molar-refractivity contribution in [2.75, 3.05) is 6.61 Å². The minimum Gasteiger partial charge on any atom is -0.480 e. The lowest BCUT2D eigenvalue weighted by Gasteiger charge is -2.24. The van der Waals surface area contributed by atoms with Gasteiger partial charge < -0.3 is 31.9 Å². The van der Waals surface area contributed by atoms with E-state index in [0.717, 1.165) is 5.56 Å². The Balaban J connectivity index is 2.89. The third-order valence-corrected chi connectivity index (χ3v) is 5.02. The highest BCUT2D eigenvalue weighted by atomic mass is 16.4. The number of carboxylic acids is 1. The minimum atomic E-state index is -1.51. The van der Waals surface area contributed by atoms with Crippen molar-refractivity contribution in [2.45, 2.75) is 57.8 Å². The highest BCUT2D eigenvalue weighted by molar-refractivity contribution is 5.94. The molecule has 0 aliphatic carbocycles. The van der Waals surface area contributed by atoms with Crippen LogP contribution in [0.15, 0.2) is 30.3 Å². The van der Waals surface area contributed by atoms with Gasteiger partial charge in [-0.1, -0.05) is 50.6 Å². The van der Waals surface area contributed by atoms with Crippen LogP contribution in [0.3, 0.4) is 0 Å². The van der Waals surface area contributed by atoms with E-state index in [-0.39, 0.29) is 12.3 Å². The standard InChI is InChI=1S/C21H32N4O6/c1-4-12(2)17(22)20(29)23-13(3)18(27)24-15(10-14-8-6-5-7-9-14)19(28)25-16(11-26)21(30)31/h5-9,12-13,15-17,26H,4,10-11,22H2,1-3H3,(H,23,29)(H,24,27)(H,25,28)(H,30,31). The van der Waals surface area contributed by atoms with Crippen LogP contribution >= 0.6 is 0 Å². The summed E-state index contributed by atoms with van der Waals surface area (Å²) in [7, 11) is 0. The zero-order chi connectivity index (χ0) is 23.6. The number of nitrogens with two attached hydrogens (primary N) is 1. The highest BCUT2D eigenvalue weighted by Gasteiger charge is 2.29. The van der Waals surface area contributed by atoms with Gasteiger partial charge in [0.05, 0.1) is 12.6 Å². The number of amides is 3. The van der Waals surface area contributed by atoms with E-state index in [9.17, 15) is 19.2 Å². The summed E-state index contributed by atoms with van der Waals surface area (Å²) in [6.07, 6.45) is 0.785. The van der Waals surface area contributed by atoms with Gasteiger partial charge in [-0.3, -0.25) is 14.4 Å². The predicted octanol–water partition coefficient (Wildman–Crippen LogP) is -0.846. The first kappa shape index (κ1) is 26.1. The Bertz CT molecular complexity index is 757. The number of carboxylic acid groups (broad SMARTS) is 1. The van der Waals surface area contributed by atoms with Gasteiger partial charge in [-0.15, -0.1) is 0 Å². The molecule has 5 unspecified atom stereocenters. The monoisotopic (exact) mass is 436 g/mol. The topological polar surface area (TPSA) is 171 Å². The van der Waals surface area contributed by atoms with Crippen molar-refractivity contribution in [2.24, 2.45) is 11.7 Å². The fourth-order valence-corrected chi connectivity index (χ4v) is 2.70. The lowest BCUT2D eigenvalue weighted by atomic mass is 9.99. The number of aliphatic hydroxyl groups excluding tert-OH is 1. The summed E-state index contributed by atoms with van der Waals surface area (Å²) in [5, 5.41) is 25.5. The number of aliphatic carboxylic acids is 1. The molecule has 0 aromatic heterocycles. The third kappa shape index (κ3) is 8.35. The average Bonchev–Trinajstić information content (AvgIpc) is 2.75. The van der Waals surface area contributed by atoms with E-state index >= 15 is 0 Å². The van der Waals surface area contributed by atoms with Crippen molar-refractivity contribution in [1.82, 2.24) is 16.0 Å². The molecule has 31 heavy (non-hydrogen) atoms. The second kappa shape index (κ2) is 12.7. The van der Waals surface area contributed by atoms with Crippen LogP contribution in [0.25, 0.3) is 0 Å². The molecule has 10 heteroatoms. The van der Waals surface area contributed by atoms with Crippen LogP contribution in [-0.2, 0) is 25.6 Å². The third-order valence-electron chi connectivity index (χ3n) is 5.02. The van der Waals surface area contributed by atoms with Gasteiger partial charge in [0.15, 0.2) is 0 Å². The Morgan fingerprint density at radius 2 is 1.52 bits per heavy atom. The number of benzene rings is 1.